The van der Waals surface area contributed by atoms with Crippen molar-refractivity contribution in [2.75, 3.05) is 52.8 Å². The number of hydrogen-bond acceptors (Lipinski definition) is 5. The van der Waals surface area contributed by atoms with E-state index in [-0.39, 0.29) is 23.4 Å². The van der Waals surface area contributed by atoms with Gasteiger partial charge in [-0.1, -0.05) is 0 Å². The average Bonchev–Trinajstić information content (AvgIpc) is 2.45. The Balaban J connectivity index is 2.36. The van der Waals surface area contributed by atoms with E-state index in [0.29, 0.717) is 25.9 Å². The lowest BCUT2D eigenvalue weighted by molar-refractivity contribution is -0.918. The molecule has 0 aliphatic carbocycles. The monoisotopic (exact) mass is 459 g/mol. The van der Waals surface area contributed by atoms with Gasteiger partial charge < -0.3 is 14.0 Å². The lowest BCUT2D eigenvalue weighted by Gasteiger charge is -2.55. The molecule has 156 valence electrons. The van der Waals surface area contributed by atoms with Crippen LogP contribution in [0.25, 0.3) is 0 Å². The van der Waals surface area contributed by atoms with Gasteiger partial charge in [0.15, 0.2) is 0 Å². The molecule has 0 amide bonds. The summed E-state index contributed by atoms with van der Waals surface area (Å²) in [6, 6.07) is 0.545. The molecule has 1 rings (SSSR count). The van der Waals surface area contributed by atoms with Gasteiger partial charge in [-0.25, -0.2) is 3.93 Å². The van der Waals surface area contributed by atoms with Crippen molar-refractivity contribution in [3.63, 3.8) is 0 Å². The number of nitrogens with zero attached hydrogens (tertiary/aromatic N) is 2. The Labute approximate surface area is 167 Å². The van der Waals surface area contributed by atoms with Crippen LogP contribution in [0.3, 0.4) is 0 Å². The van der Waals surface area contributed by atoms with E-state index in [9.17, 15) is 8.42 Å². The molecule has 9 heteroatoms. The first-order valence-corrected chi connectivity index (χ1v) is 11.4. The standard InChI is InChI=1S/C17H35BrN2O5S/c1-16(2)13-15(14-17(3,4)19(16)18)20(5,6)7-8-24-9-10-25-11-12-26(21,22)23/h15H,7-14H2,1-6H3/p+1. The Morgan fingerprint density at radius 1 is 1.04 bits per heavy atom. The van der Waals surface area contributed by atoms with Gasteiger partial charge in [0, 0.05) is 40.1 Å². The average molecular weight is 460 g/mol. The fraction of sp³-hybridized carbons (Fsp3) is 1.00. The van der Waals surface area contributed by atoms with Gasteiger partial charge in [0.05, 0.1) is 52.3 Å². The summed E-state index contributed by atoms with van der Waals surface area (Å²) >= 11 is 3.77. The summed E-state index contributed by atoms with van der Waals surface area (Å²) in [7, 11) is 0.562. The second-order valence-electron chi connectivity index (χ2n) is 8.98. The highest BCUT2D eigenvalue weighted by molar-refractivity contribution is 9.07. The van der Waals surface area contributed by atoms with Gasteiger partial charge in [0.25, 0.3) is 10.1 Å². The number of hydrogen-bond donors (Lipinski definition) is 1. The summed E-state index contributed by atoms with van der Waals surface area (Å²) in [5.74, 6) is -0.380. The van der Waals surface area contributed by atoms with Crippen LogP contribution in [0.1, 0.15) is 40.5 Å². The third-order valence-corrected chi connectivity index (χ3v) is 7.79. The molecule has 7 nitrogen and oxygen atoms in total. The molecule has 0 spiro atoms. The van der Waals surface area contributed by atoms with Gasteiger partial charge >= 0.3 is 0 Å². The molecule has 0 atom stereocenters. The van der Waals surface area contributed by atoms with Crippen LogP contribution in [0.4, 0.5) is 0 Å². The number of likely N-dealkylation sites (N-methyl/N-ethyl adjacent to an activating group) is 1. The fourth-order valence-corrected chi connectivity index (χ4v) is 4.29. The van der Waals surface area contributed by atoms with Crippen LogP contribution in [0, 0.1) is 0 Å². The Bertz CT molecular complexity index is 533. The molecular formula is C17H36BrN2O5S+. The first-order chi connectivity index (χ1) is 11.7. The number of halogens is 1. The van der Waals surface area contributed by atoms with Gasteiger partial charge in [-0.05, 0) is 27.7 Å². The normalized spacial score (nSPS) is 21.8. The van der Waals surface area contributed by atoms with Crippen LogP contribution in [-0.2, 0) is 19.6 Å². The van der Waals surface area contributed by atoms with Crippen molar-refractivity contribution in [3.8, 4) is 0 Å². The molecule has 0 aromatic heterocycles. The molecule has 0 unspecified atom stereocenters. The van der Waals surface area contributed by atoms with Crippen molar-refractivity contribution in [3.05, 3.63) is 0 Å². The Kier molecular flexibility index (Phi) is 8.54. The fourth-order valence-electron chi connectivity index (χ4n) is 3.67. The predicted molar refractivity (Wildman–Crippen MR) is 107 cm³/mol. The van der Waals surface area contributed by atoms with Crippen molar-refractivity contribution in [1.29, 1.82) is 0 Å². The van der Waals surface area contributed by atoms with Crippen LogP contribution >= 0.6 is 16.1 Å². The maximum absolute atomic E-state index is 10.6. The van der Waals surface area contributed by atoms with Crippen molar-refractivity contribution in [2.45, 2.75) is 57.7 Å². The minimum atomic E-state index is -3.95. The highest BCUT2D eigenvalue weighted by Gasteiger charge is 2.49. The van der Waals surface area contributed by atoms with Gasteiger partial charge in [0.2, 0.25) is 0 Å². The molecule has 0 saturated carbocycles. The summed E-state index contributed by atoms with van der Waals surface area (Å²) in [6.07, 6.45) is 2.21. The Hall–Kier alpha value is 0.230. The van der Waals surface area contributed by atoms with Crippen LogP contribution in [0.15, 0.2) is 0 Å². The van der Waals surface area contributed by atoms with Crippen molar-refractivity contribution in [2.24, 2.45) is 0 Å². The zero-order valence-electron chi connectivity index (χ0n) is 17.0. The van der Waals surface area contributed by atoms with Gasteiger partial charge in [-0.2, -0.15) is 8.42 Å². The smallest absolute Gasteiger partial charge is 0.267 e. The quantitative estimate of drug-likeness (QED) is 0.233. The van der Waals surface area contributed by atoms with E-state index in [2.05, 4.69) is 61.9 Å². The molecule has 1 fully saturated rings. The second kappa shape index (κ2) is 9.15. The second-order valence-corrected chi connectivity index (χ2v) is 11.3. The highest BCUT2D eigenvalue weighted by Crippen LogP contribution is 2.43. The molecule has 1 aliphatic rings. The summed E-state index contributed by atoms with van der Waals surface area (Å²) in [4.78, 5) is 0. The molecule has 0 aromatic carbocycles. The summed E-state index contributed by atoms with van der Waals surface area (Å²) in [5.41, 5.74) is 0.174. The van der Waals surface area contributed by atoms with E-state index in [0.717, 1.165) is 23.9 Å². The van der Waals surface area contributed by atoms with E-state index < -0.39 is 10.1 Å². The molecule has 0 aromatic rings. The summed E-state index contributed by atoms with van der Waals surface area (Å²) in [5, 5.41) is 0. The van der Waals surface area contributed by atoms with Crippen LogP contribution < -0.4 is 0 Å². The SMILES string of the molecule is CC1(C)CC([N+](C)(C)CCOCCOCCS(=O)(=O)O)CC(C)(C)N1Br. The summed E-state index contributed by atoms with van der Waals surface area (Å²) < 4.78 is 43.8. The lowest BCUT2D eigenvalue weighted by atomic mass is 9.78. The number of quaternary nitrogens is 1. The topological polar surface area (TPSA) is 76.1 Å². The maximum atomic E-state index is 10.6. The minimum Gasteiger partial charge on any atom is -0.378 e. The van der Waals surface area contributed by atoms with Crippen molar-refractivity contribution in [1.82, 2.24) is 3.93 Å². The summed E-state index contributed by atoms with van der Waals surface area (Å²) in [6.45, 7) is 11.4. The van der Waals surface area contributed by atoms with E-state index in [1.165, 1.54) is 0 Å². The first-order valence-electron chi connectivity index (χ1n) is 9.07. The van der Waals surface area contributed by atoms with E-state index in [1.54, 1.807) is 0 Å². The van der Waals surface area contributed by atoms with Crippen molar-refractivity contribution >= 4 is 26.3 Å². The van der Waals surface area contributed by atoms with E-state index in [4.69, 9.17) is 14.0 Å². The largest absolute Gasteiger partial charge is 0.378 e. The van der Waals surface area contributed by atoms with E-state index in [1.807, 2.05) is 0 Å². The highest BCUT2D eigenvalue weighted by atomic mass is 79.9. The number of ether oxygens (including phenoxy) is 2. The van der Waals surface area contributed by atoms with Gasteiger partial charge in [0.1, 0.15) is 6.54 Å². The minimum absolute atomic E-state index is 0.0148. The van der Waals surface area contributed by atoms with Crippen LogP contribution in [0.2, 0.25) is 0 Å². The zero-order chi connectivity index (χ0) is 20.2. The van der Waals surface area contributed by atoms with Crippen LogP contribution in [-0.4, -0.2) is 91.3 Å². The van der Waals surface area contributed by atoms with Gasteiger partial charge in [-0.15, -0.1) is 0 Å². The molecular weight excluding hydrogens is 424 g/mol. The molecule has 1 heterocycles. The molecule has 0 radical (unpaired) electrons. The molecule has 1 N–H and O–H groups in total. The number of rotatable bonds is 10. The molecule has 0 bridgehead atoms. The predicted octanol–water partition coefficient (Wildman–Crippen LogP) is 2.32. The zero-order valence-corrected chi connectivity index (χ0v) is 19.4. The third kappa shape index (κ3) is 7.69. The number of piperidine rings is 1. The molecule has 26 heavy (non-hydrogen) atoms. The van der Waals surface area contributed by atoms with Gasteiger partial charge in [-0.3, -0.25) is 4.55 Å². The van der Waals surface area contributed by atoms with Crippen LogP contribution in [0.5, 0.6) is 0 Å². The Morgan fingerprint density at radius 3 is 1.96 bits per heavy atom. The third-order valence-electron chi connectivity index (χ3n) is 5.19. The van der Waals surface area contributed by atoms with Crippen molar-refractivity contribution < 1.29 is 26.9 Å². The lowest BCUT2D eigenvalue weighted by Crippen LogP contribution is -2.64. The molecule has 1 aliphatic heterocycles. The maximum Gasteiger partial charge on any atom is 0.267 e. The molecule has 1 saturated heterocycles. The van der Waals surface area contributed by atoms with E-state index >= 15 is 0 Å². The Morgan fingerprint density at radius 2 is 1.50 bits per heavy atom. The first kappa shape index (κ1) is 24.3.